The second-order valence-corrected chi connectivity index (χ2v) is 5.86. The predicted octanol–water partition coefficient (Wildman–Crippen LogP) is -0.165. The van der Waals surface area contributed by atoms with Crippen molar-refractivity contribution in [3.63, 3.8) is 0 Å². The Bertz CT molecular complexity index is 383. The number of amides is 1. The van der Waals surface area contributed by atoms with Crippen LogP contribution >= 0.6 is 0 Å². The van der Waals surface area contributed by atoms with E-state index in [1.807, 2.05) is 18.7 Å². The van der Waals surface area contributed by atoms with E-state index in [0.29, 0.717) is 32.8 Å². The number of nitrogens with zero attached hydrogens (tertiary/aromatic N) is 3. The first-order chi connectivity index (χ1) is 9.46. The number of hydrogen-bond acceptors (Lipinski definition) is 5. The number of carbonyl (C=O) groups excluding carboxylic acids is 1. The van der Waals surface area contributed by atoms with Crippen LogP contribution in [0.15, 0.2) is 5.16 Å². The van der Waals surface area contributed by atoms with Crippen molar-refractivity contribution in [2.45, 2.75) is 38.3 Å². The maximum absolute atomic E-state index is 12.2. The smallest absolute Gasteiger partial charge is 0.251 e. The SMILES string of the molecule is CC(C)(C(N)=NO)N1CCN(C(=O)C2CCCO2)CC1. The first-order valence-corrected chi connectivity index (χ1v) is 7.10. The summed E-state index contributed by atoms with van der Waals surface area (Å²) in [6, 6.07) is 0. The molecule has 3 N–H and O–H groups in total. The van der Waals surface area contributed by atoms with Gasteiger partial charge < -0.3 is 20.6 Å². The monoisotopic (exact) mass is 284 g/mol. The maximum Gasteiger partial charge on any atom is 0.251 e. The molecule has 0 saturated carbocycles. The number of carbonyl (C=O) groups is 1. The van der Waals surface area contributed by atoms with Crippen LogP contribution in [0.2, 0.25) is 0 Å². The standard InChI is InChI=1S/C13H24N4O3/c1-13(2,12(14)15-19)17-7-5-16(6-8-17)11(18)10-4-3-9-20-10/h10,19H,3-9H2,1-2H3,(H2,14,15). The van der Waals surface area contributed by atoms with Gasteiger partial charge in [0.25, 0.3) is 5.91 Å². The molecule has 0 radical (unpaired) electrons. The molecule has 2 fully saturated rings. The van der Waals surface area contributed by atoms with Crippen LogP contribution in [0, 0.1) is 0 Å². The Balaban J connectivity index is 1.90. The van der Waals surface area contributed by atoms with Gasteiger partial charge in [-0.1, -0.05) is 5.16 Å². The van der Waals surface area contributed by atoms with Gasteiger partial charge in [0.15, 0.2) is 5.84 Å². The van der Waals surface area contributed by atoms with E-state index in [2.05, 4.69) is 10.1 Å². The van der Waals surface area contributed by atoms with Gasteiger partial charge in [0.2, 0.25) is 0 Å². The first kappa shape index (κ1) is 15.1. The van der Waals surface area contributed by atoms with Crippen LogP contribution in [0.25, 0.3) is 0 Å². The van der Waals surface area contributed by atoms with Gasteiger partial charge in [-0.3, -0.25) is 9.69 Å². The highest BCUT2D eigenvalue weighted by Crippen LogP contribution is 2.20. The van der Waals surface area contributed by atoms with Crippen molar-refractivity contribution in [3.05, 3.63) is 0 Å². The molecule has 2 saturated heterocycles. The van der Waals surface area contributed by atoms with E-state index in [-0.39, 0.29) is 17.8 Å². The minimum absolute atomic E-state index is 0.101. The normalized spacial score (nSPS) is 26.0. The lowest BCUT2D eigenvalue weighted by molar-refractivity contribution is -0.143. The van der Waals surface area contributed by atoms with Crippen LogP contribution in [-0.4, -0.2) is 71.2 Å². The van der Waals surface area contributed by atoms with Crippen molar-refractivity contribution in [3.8, 4) is 0 Å². The molecule has 114 valence electrons. The van der Waals surface area contributed by atoms with Crippen molar-refractivity contribution >= 4 is 11.7 Å². The van der Waals surface area contributed by atoms with Crippen LogP contribution in [0.4, 0.5) is 0 Å². The largest absolute Gasteiger partial charge is 0.409 e. The zero-order chi connectivity index (χ0) is 14.8. The van der Waals surface area contributed by atoms with Crippen molar-refractivity contribution < 1.29 is 14.7 Å². The number of hydrogen-bond donors (Lipinski definition) is 2. The lowest BCUT2D eigenvalue weighted by Gasteiger charge is -2.43. The molecule has 0 aromatic heterocycles. The van der Waals surface area contributed by atoms with Crippen LogP contribution in [0.3, 0.4) is 0 Å². The molecular weight excluding hydrogens is 260 g/mol. The zero-order valence-electron chi connectivity index (χ0n) is 12.2. The molecule has 0 spiro atoms. The van der Waals surface area contributed by atoms with E-state index in [9.17, 15) is 4.79 Å². The zero-order valence-corrected chi connectivity index (χ0v) is 12.2. The summed E-state index contributed by atoms with van der Waals surface area (Å²) < 4.78 is 5.44. The van der Waals surface area contributed by atoms with Crippen molar-refractivity contribution in [2.75, 3.05) is 32.8 Å². The second-order valence-electron chi connectivity index (χ2n) is 5.86. The van der Waals surface area contributed by atoms with Gasteiger partial charge >= 0.3 is 0 Å². The third-order valence-corrected chi connectivity index (χ3v) is 4.32. The van der Waals surface area contributed by atoms with Gasteiger partial charge in [-0.15, -0.1) is 0 Å². The Morgan fingerprint density at radius 3 is 2.50 bits per heavy atom. The molecule has 7 nitrogen and oxygen atoms in total. The highest BCUT2D eigenvalue weighted by Gasteiger charge is 2.36. The average molecular weight is 284 g/mol. The molecule has 1 atom stereocenters. The van der Waals surface area contributed by atoms with Gasteiger partial charge in [-0.05, 0) is 26.7 Å². The Labute approximate surface area is 119 Å². The maximum atomic E-state index is 12.2. The number of oxime groups is 1. The molecule has 2 aliphatic heterocycles. The summed E-state index contributed by atoms with van der Waals surface area (Å²) in [5, 5.41) is 11.9. The topological polar surface area (TPSA) is 91.4 Å². The van der Waals surface area contributed by atoms with Crippen molar-refractivity contribution in [2.24, 2.45) is 10.9 Å². The van der Waals surface area contributed by atoms with Crippen molar-refractivity contribution in [1.82, 2.24) is 9.80 Å². The summed E-state index contributed by atoms with van der Waals surface area (Å²) >= 11 is 0. The number of piperazine rings is 1. The van der Waals surface area contributed by atoms with Crippen molar-refractivity contribution in [1.29, 1.82) is 0 Å². The second kappa shape index (κ2) is 5.97. The van der Waals surface area contributed by atoms with Crippen LogP contribution in [0.1, 0.15) is 26.7 Å². The molecule has 1 unspecified atom stereocenters. The third kappa shape index (κ3) is 2.88. The minimum atomic E-state index is -0.506. The van der Waals surface area contributed by atoms with E-state index in [0.717, 1.165) is 12.8 Å². The fourth-order valence-corrected chi connectivity index (χ4v) is 2.75. The van der Waals surface area contributed by atoms with Gasteiger partial charge in [0.05, 0.1) is 5.54 Å². The molecular formula is C13H24N4O3. The summed E-state index contributed by atoms with van der Waals surface area (Å²) in [5.41, 5.74) is 5.23. The molecule has 2 aliphatic rings. The molecule has 0 bridgehead atoms. The number of nitrogens with two attached hydrogens (primary N) is 1. The molecule has 2 heterocycles. The van der Waals surface area contributed by atoms with E-state index in [1.54, 1.807) is 0 Å². The van der Waals surface area contributed by atoms with E-state index < -0.39 is 5.54 Å². The van der Waals surface area contributed by atoms with E-state index in [1.165, 1.54) is 0 Å². The lowest BCUT2D eigenvalue weighted by Crippen LogP contribution is -2.61. The summed E-state index contributed by atoms with van der Waals surface area (Å²) in [4.78, 5) is 16.2. The minimum Gasteiger partial charge on any atom is -0.409 e. The van der Waals surface area contributed by atoms with Gasteiger partial charge in [0, 0.05) is 32.8 Å². The summed E-state index contributed by atoms with van der Waals surface area (Å²) in [7, 11) is 0. The number of amidine groups is 1. The third-order valence-electron chi connectivity index (χ3n) is 4.32. The fraction of sp³-hybridized carbons (Fsp3) is 0.846. The van der Waals surface area contributed by atoms with E-state index in [4.69, 9.17) is 15.7 Å². The van der Waals surface area contributed by atoms with Gasteiger partial charge in [-0.25, -0.2) is 0 Å². The fourth-order valence-electron chi connectivity index (χ4n) is 2.75. The Morgan fingerprint density at radius 1 is 1.35 bits per heavy atom. The quantitative estimate of drug-likeness (QED) is 0.325. The number of rotatable bonds is 3. The molecule has 7 heteroatoms. The summed E-state index contributed by atoms with van der Waals surface area (Å²) in [6.45, 7) is 7.25. The molecule has 20 heavy (non-hydrogen) atoms. The van der Waals surface area contributed by atoms with Crippen LogP contribution in [-0.2, 0) is 9.53 Å². The van der Waals surface area contributed by atoms with Gasteiger partial charge in [0.1, 0.15) is 6.10 Å². The van der Waals surface area contributed by atoms with E-state index >= 15 is 0 Å². The Hall–Kier alpha value is -1.34. The lowest BCUT2D eigenvalue weighted by atomic mass is 10.00. The molecule has 1 amide bonds. The molecule has 0 aliphatic carbocycles. The summed E-state index contributed by atoms with van der Waals surface area (Å²) in [5.74, 6) is 0.292. The highest BCUT2D eigenvalue weighted by molar-refractivity contribution is 5.88. The molecule has 0 aromatic carbocycles. The average Bonchev–Trinajstić information content (AvgIpc) is 2.99. The van der Waals surface area contributed by atoms with Crippen LogP contribution in [0.5, 0.6) is 0 Å². The highest BCUT2D eigenvalue weighted by atomic mass is 16.5. The van der Waals surface area contributed by atoms with Gasteiger partial charge in [-0.2, -0.15) is 0 Å². The van der Waals surface area contributed by atoms with Crippen LogP contribution < -0.4 is 5.73 Å². The number of ether oxygens (including phenoxy) is 1. The predicted molar refractivity (Wildman–Crippen MR) is 74.6 cm³/mol. The summed E-state index contributed by atoms with van der Waals surface area (Å²) in [6.07, 6.45) is 1.54. The molecule has 2 rings (SSSR count). The molecule has 0 aromatic rings. The Kier molecular flexibility index (Phi) is 4.49. The Morgan fingerprint density at radius 2 is 2.00 bits per heavy atom. The first-order valence-electron chi connectivity index (χ1n) is 7.10.